The quantitative estimate of drug-likeness (QED) is 0.834. The van der Waals surface area contributed by atoms with E-state index in [-0.39, 0.29) is 5.91 Å². The smallest absolute Gasteiger partial charge is 0.255 e. The van der Waals surface area contributed by atoms with Crippen molar-refractivity contribution in [2.75, 3.05) is 20.1 Å². The normalized spacial score (nSPS) is 15.6. The van der Waals surface area contributed by atoms with Crippen LogP contribution in [0.3, 0.4) is 0 Å². The molecule has 0 atom stereocenters. The van der Waals surface area contributed by atoms with Crippen LogP contribution in [0.2, 0.25) is 0 Å². The number of fused-ring (bicyclic) bond motifs is 1. The van der Waals surface area contributed by atoms with Crippen molar-refractivity contribution in [2.24, 2.45) is 0 Å². The van der Waals surface area contributed by atoms with E-state index < -0.39 is 0 Å². The van der Waals surface area contributed by atoms with E-state index in [0.717, 1.165) is 30.1 Å². The van der Waals surface area contributed by atoms with Crippen molar-refractivity contribution in [3.8, 4) is 0 Å². The molecule has 1 aliphatic rings. The second-order valence-corrected chi connectivity index (χ2v) is 6.57. The summed E-state index contributed by atoms with van der Waals surface area (Å²) in [7, 11) is 2.20. The van der Waals surface area contributed by atoms with Crippen LogP contribution < -0.4 is 5.32 Å². The number of hydrogen-bond acceptors (Lipinski definition) is 3. The molecule has 0 radical (unpaired) electrons. The molecule has 2 aromatic rings. The van der Waals surface area contributed by atoms with Crippen molar-refractivity contribution >= 4 is 11.4 Å². The zero-order chi connectivity index (χ0) is 16.2. The van der Waals surface area contributed by atoms with Crippen LogP contribution in [0.25, 0.3) is 5.52 Å². The molecule has 5 nitrogen and oxygen atoms in total. The predicted octanol–water partition coefficient (Wildman–Crippen LogP) is 2.64. The number of amides is 1. The van der Waals surface area contributed by atoms with Gasteiger partial charge in [0.05, 0.1) is 17.3 Å². The standard InChI is InChI=1S/C18H26N4O/c1-14-7-5-12-22-17(14)16(13-20-22)18(23)19-10-6-11-21(2)15-8-3-4-9-15/h5,7,12-13,15H,3-4,6,8-11H2,1-2H3,(H,19,23). The summed E-state index contributed by atoms with van der Waals surface area (Å²) in [5, 5.41) is 7.29. The van der Waals surface area contributed by atoms with Gasteiger partial charge in [-0.05, 0) is 51.4 Å². The highest BCUT2D eigenvalue weighted by atomic mass is 16.1. The molecule has 2 heterocycles. The first kappa shape index (κ1) is 16.0. The molecule has 0 aromatic carbocycles. The molecule has 0 aliphatic heterocycles. The molecule has 3 rings (SSSR count). The summed E-state index contributed by atoms with van der Waals surface area (Å²) < 4.78 is 1.76. The fourth-order valence-corrected chi connectivity index (χ4v) is 3.54. The van der Waals surface area contributed by atoms with E-state index in [2.05, 4.69) is 22.4 Å². The SMILES string of the molecule is Cc1cccn2ncc(C(=O)NCCCN(C)C3CCCC3)c12. The lowest BCUT2D eigenvalue weighted by Crippen LogP contribution is -2.33. The van der Waals surface area contributed by atoms with E-state index in [9.17, 15) is 4.79 Å². The van der Waals surface area contributed by atoms with Gasteiger partial charge < -0.3 is 10.2 Å². The molecule has 1 fully saturated rings. The first-order chi connectivity index (χ1) is 11.2. The summed E-state index contributed by atoms with van der Waals surface area (Å²) in [6, 6.07) is 4.69. The topological polar surface area (TPSA) is 49.6 Å². The van der Waals surface area contributed by atoms with Gasteiger partial charge in [-0.1, -0.05) is 18.9 Å². The molecular formula is C18H26N4O. The van der Waals surface area contributed by atoms with Crippen molar-refractivity contribution in [1.29, 1.82) is 0 Å². The minimum Gasteiger partial charge on any atom is -0.352 e. The van der Waals surface area contributed by atoms with Crippen LogP contribution in [0.1, 0.15) is 48.0 Å². The molecule has 1 amide bonds. The molecule has 1 saturated carbocycles. The van der Waals surface area contributed by atoms with Gasteiger partial charge in [0.2, 0.25) is 0 Å². The monoisotopic (exact) mass is 314 g/mol. The van der Waals surface area contributed by atoms with E-state index in [1.807, 2.05) is 25.3 Å². The van der Waals surface area contributed by atoms with Crippen LogP contribution in [0.15, 0.2) is 24.5 Å². The first-order valence-electron chi connectivity index (χ1n) is 8.58. The molecule has 0 bridgehead atoms. The van der Waals surface area contributed by atoms with Crippen LogP contribution in [0.5, 0.6) is 0 Å². The van der Waals surface area contributed by atoms with Crippen molar-refractivity contribution in [3.05, 3.63) is 35.7 Å². The summed E-state index contributed by atoms with van der Waals surface area (Å²) >= 11 is 0. The number of aryl methyl sites for hydroxylation is 1. The van der Waals surface area contributed by atoms with Crippen molar-refractivity contribution in [3.63, 3.8) is 0 Å². The Morgan fingerprint density at radius 1 is 1.43 bits per heavy atom. The second-order valence-electron chi connectivity index (χ2n) is 6.57. The average molecular weight is 314 g/mol. The molecule has 5 heteroatoms. The number of aromatic nitrogens is 2. The van der Waals surface area contributed by atoms with Gasteiger partial charge in [-0.25, -0.2) is 4.52 Å². The third kappa shape index (κ3) is 3.55. The number of rotatable bonds is 6. The molecule has 1 aliphatic carbocycles. The molecule has 0 spiro atoms. The van der Waals surface area contributed by atoms with Crippen LogP contribution in [0.4, 0.5) is 0 Å². The largest absolute Gasteiger partial charge is 0.352 e. The van der Waals surface area contributed by atoms with Crippen LogP contribution in [-0.4, -0.2) is 46.6 Å². The van der Waals surface area contributed by atoms with E-state index in [0.29, 0.717) is 12.1 Å². The van der Waals surface area contributed by atoms with Crippen molar-refractivity contribution in [2.45, 2.75) is 45.1 Å². The predicted molar refractivity (Wildman–Crippen MR) is 91.8 cm³/mol. The molecule has 0 unspecified atom stereocenters. The minimum absolute atomic E-state index is 0.0298. The Morgan fingerprint density at radius 3 is 3.00 bits per heavy atom. The summed E-state index contributed by atoms with van der Waals surface area (Å²) in [5.41, 5.74) is 2.62. The maximum Gasteiger partial charge on any atom is 0.255 e. The molecule has 0 saturated heterocycles. The third-order valence-electron chi connectivity index (χ3n) is 4.91. The molecule has 1 N–H and O–H groups in total. The van der Waals surface area contributed by atoms with Gasteiger partial charge in [-0.15, -0.1) is 0 Å². The fourth-order valence-electron chi connectivity index (χ4n) is 3.54. The van der Waals surface area contributed by atoms with Gasteiger partial charge in [0, 0.05) is 18.8 Å². The van der Waals surface area contributed by atoms with Crippen LogP contribution in [0, 0.1) is 6.92 Å². The van der Waals surface area contributed by atoms with E-state index in [1.165, 1.54) is 25.7 Å². The summed E-state index contributed by atoms with van der Waals surface area (Å²) in [4.78, 5) is 14.8. The van der Waals surface area contributed by atoms with Crippen molar-refractivity contribution < 1.29 is 4.79 Å². The third-order valence-corrected chi connectivity index (χ3v) is 4.91. The zero-order valence-electron chi connectivity index (χ0n) is 14.1. The molecule has 124 valence electrons. The van der Waals surface area contributed by atoms with Crippen molar-refractivity contribution in [1.82, 2.24) is 19.8 Å². The summed E-state index contributed by atoms with van der Waals surface area (Å²) in [6.45, 7) is 3.75. The lowest BCUT2D eigenvalue weighted by Gasteiger charge is -2.23. The first-order valence-corrected chi connectivity index (χ1v) is 8.58. The lowest BCUT2D eigenvalue weighted by molar-refractivity contribution is 0.0953. The molecule has 23 heavy (non-hydrogen) atoms. The highest BCUT2D eigenvalue weighted by Gasteiger charge is 2.19. The van der Waals surface area contributed by atoms with Gasteiger partial charge in [-0.2, -0.15) is 5.10 Å². The van der Waals surface area contributed by atoms with Gasteiger partial charge in [0.1, 0.15) is 0 Å². The van der Waals surface area contributed by atoms with Gasteiger partial charge >= 0.3 is 0 Å². The Kier molecular flexibility index (Phi) is 4.96. The fraction of sp³-hybridized carbons (Fsp3) is 0.556. The van der Waals surface area contributed by atoms with Crippen LogP contribution >= 0.6 is 0 Å². The number of pyridine rings is 1. The number of nitrogens with one attached hydrogen (secondary N) is 1. The second kappa shape index (κ2) is 7.13. The van der Waals surface area contributed by atoms with Crippen LogP contribution in [-0.2, 0) is 0 Å². The Bertz CT molecular complexity index is 673. The maximum atomic E-state index is 12.4. The Balaban J connectivity index is 1.51. The van der Waals surface area contributed by atoms with E-state index in [4.69, 9.17) is 0 Å². The average Bonchev–Trinajstić information content (AvgIpc) is 3.20. The Labute approximate surface area is 137 Å². The number of carbonyl (C=O) groups is 1. The van der Waals surface area contributed by atoms with E-state index in [1.54, 1.807) is 10.7 Å². The number of nitrogens with zero attached hydrogens (tertiary/aromatic N) is 3. The summed E-state index contributed by atoms with van der Waals surface area (Å²) in [5.74, 6) is -0.0298. The van der Waals surface area contributed by atoms with Gasteiger partial charge in [0.15, 0.2) is 0 Å². The summed E-state index contributed by atoms with van der Waals surface area (Å²) in [6.07, 6.45) is 9.88. The minimum atomic E-state index is -0.0298. The Hall–Kier alpha value is -1.88. The lowest BCUT2D eigenvalue weighted by atomic mass is 10.1. The molecule has 2 aromatic heterocycles. The zero-order valence-corrected chi connectivity index (χ0v) is 14.1. The van der Waals surface area contributed by atoms with Gasteiger partial charge in [-0.3, -0.25) is 4.79 Å². The van der Waals surface area contributed by atoms with E-state index >= 15 is 0 Å². The highest BCUT2D eigenvalue weighted by Crippen LogP contribution is 2.22. The number of hydrogen-bond donors (Lipinski definition) is 1. The Morgan fingerprint density at radius 2 is 2.22 bits per heavy atom. The van der Waals surface area contributed by atoms with Gasteiger partial charge in [0.25, 0.3) is 5.91 Å². The number of carbonyl (C=O) groups excluding carboxylic acids is 1. The maximum absolute atomic E-state index is 12.4. The highest BCUT2D eigenvalue weighted by molar-refractivity contribution is 6.01. The molecular weight excluding hydrogens is 288 g/mol.